The molecule has 0 aromatic heterocycles. The quantitative estimate of drug-likeness (QED) is 0.827. The summed E-state index contributed by atoms with van der Waals surface area (Å²) in [4.78, 5) is 20.3. The first-order valence-corrected chi connectivity index (χ1v) is 6.16. The Morgan fingerprint density at radius 2 is 1.85 bits per heavy atom. The minimum Gasteiger partial charge on any atom is -0.496 e. The van der Waals surface area contributed by atoms with Gasteiger partial charge in [-0.05, 0) is 31.9 Å². The minimum atomic E-state index is -0.967. The van der Waals surface area contributed by atoms with Crippen LogP contribution in [0.2, 0.25) is 0 Å². The van der Waals surface area contributed by atoms with Crippen molar-refractivity contribution >= 4 is 18.0 Å². The third kappa shape index (κ3) is 4.76. The SMILES string of the molecule is CC1(C(=O)O)CC1.COc1ccccc1C=CC(=O)O. The summed E-state index contributed by atoms with van der Waals surface area (Å²) in [5.74, 6) is -0.946. The van der Waals surface area contributed by atoms with Gasteiger partial charge in [-0.3, -0.25) is 4.79 Å². The average molecular weight is 278 g/mol. The van der Waals surface area contributed by atoms with E-state index in [0.29, 0.717) is 5.75 Å². The van der Waals surface area contributed by atoms with Crippen molar-refractivity contribution in [3.8, 4) is 5.75 Å². The van der Waals surface area contributed by atoms with E-state index in [9.17, 15) is 9.59 Å². The number of hydrogen-bond acceptors (Lipinski definition) is 3. The number of rotatable bonds is 4. The average Bonchev–Trinajstić information content (AvgIpc) is 3.17. The van der Waals surface area contributed by atoms with E-state index in [1.807, 2.05) is 12.1 Å². The Morgan fingerprint density at radius 1 is 1.25 bits per heavy atom. The summed E-state index contributed by atoms with van der Waals surface area (Å²) < 4.78 is 5.03. The van der Waals surface area contributed by atoms with Gasteiger partial charge in [-0.1, -0.05) is 18.2 Å². The largest absolute Gasteiger partial charge is 0.496 e. The molecule has 0 heterocycles. The molecule has 0 spiro atoms. The van der Waals surface area contributed by atoms with E-state index in [1.165, 1.54) is 6.08 Å². The zero-order chi connectivity index (χ0) is 15.2. The van der Waals surface area contributed by atoms with Crippen LogP contribution < -0.4 is 4.74 Å². The lowest BCUT2D eigenvalue weighted by molar-refractivity contribution is -0.142. The van der Waals surface area contributed by atoms with Crippen molar-refractivity contribution in [3.63, 3.8) is 0 Å². The van der Waals surface area contributed by atoms with Crippen LogP contribution in [0.25, 0.3) is 6.08 Å². The molecule has 5 heteroatoms. The first kappa shape index (κ1) is 15.8. The Hall–Kier alpha value is -2.30. The summed E-state index contributed by atoms with van der Waals surface area (Å²) in [5, 5.41) is 16.7. The molecule has 20 heavy (non-hydrogen) atoms. The van der Waals surface area contributed by atoms with Crippen LogP contribution in [0.5, 0.6) is 5.75 Å². The summed E-state index contributed by atoms with van der Waals surface area (Å²) in [6.07, 6.45) is 4.31. The lowest BCUT2D eigenvalue weighted by Crippen LogP contribution is -2.08. The van der Waals surface area contributed by atoms with E-state index in [0.717, 1.165) is 24.5 Å². The van der Waals surface area contributed by atoms with Crippen LogP contribution in [0, 0.1) is 5.41 Å². The van der Waals surface area contributed by atoms with Crippen molar-refractivity contribution in [1.82, 2.24) is 0 Å². The highest BCUT2D eigenvalue weighted by Gasteiger charge is 2.44. The predicted octanol–water partition coefficient (Wildman–Crippen LogP) is 2.66. The fraction of sp³-hybridized carbons (Fsp3) is 0.333. The molecule has 1 aliphatic carbocycles. The molecule has 1 aliphatic rings. The zero-order valence-corrected chi connectivity index (χ0v) is 11.5. The number of hydrogen-bond donors (Lipinski definition) is 2. The van der Waals surface area contributed by atoms with Gasteiger partial charge in [0.05, 0.1) is 12.5 Å². The lowest BCUT2D eigenvalue weighted by Gasteiger charge is -2.02. The zero-order valence-electron chi connectivity index (χ0n) is 11.5. The molecule has 0 saturated heterocycles. The second-order valence-electron chi connectivity index (χ2n) is 4.78. The van der Waals surface area contributed by atoms with Gasteiger partial charge in [-0.15, -0.1) is 0 Å². The molecule has 0 amide bonds. The summed E-state index contributed by atoms with van der Waals surface area (Å²) in [6, 6.07) is 7.22. The summed E-state index contributed by atoms with van der Waals surface area (Å²) in [6.45, 7) is 1.77. The van der Waals surface area contributed by atoms with E-state index in [1.54, 1.807) is 26.2 Å². The molecule has 1 fully saturated rings. The third-order valence-electron chi connectivity index (χ3n) is 3.06. The molecule has 2 rings (SSSR count). The molecule has 2 N–H and O–H groups in total. The van der Waals surface area contributed by atoms with Gasteiger partial charge < -0.3 is 14.9 Å². The highest BCUT2D eigenvalue weighted by atomic mass is 16.5. The molecule has 0 aliphatic heterocycles. The fourth-order valence-electron chi connectivity index (χ4n) is 1.37. The maximum Gasteiger partial charge on any atom is 0.328 e. The van der Waals surface area contributed by atoms with Gasteiger partial charge in [0, 0.05) is 11.6 Å². The molecule has 1 aromatic carbocycles. The highest BCUT2D eigenvalue weighted by Crippen LogP contribution is 2.44. The number of carboxylic acid groups (broad SMARTS) is 2. The molecule has 0 bridgehead atoms. The summed E-state index contributed by atoms with van der Waals surface area (Å²) in [7, 11) is 1.55. The molecule has 0 radical (unpaired) electrons. The molecular formula is C15H18O5. The number of aliphatic carboxylic acids is 2. The van der Waals surface area contributed by atoms with E-state index in [4.69, 9.17) is 14.9 Å². The van der Waals surface area contributed by atoms with Gasteiger partial charge in [-0.25, -0.2) is 4.79 Å². The number of para-hydroxylation sites is 1. The number of carboxylic acids is 2. The van der Waals surface area contributed by atoms with Gasteiger partial charge in [0.2, 0.25) is 0 Å². The van der Waals surface area contributed by atoms with Gasteiger partial charge in [0.1, 0.15) is 5.75 Å². The second kappa shape index (κ2) is 6.75. The fourth-order valence-corrected chi connectivity index (χ4v) is 1.37. The summed E-state index contributed by atoms with van der Waals surface area (Å²) >= 11 is 0. The van der Waals surface area contributed by atoms with Gasteiger partial charge in [0.25, 0.3) is 0 Å². The number of methoxy groups -OCH3 is 1. The Kier molecular flexibility index (Phi) is 5.32. The highest BCUT2D eigenvalue weighted by molar-refractivity contribution is 5.85. The van der Waals surface area contributed by atoms with Crippen LogP contribution in [0.1, 0.15) is 25.3 Å². The summed E-state index contributed by atoms with van der Waals surface area (Å²) in [5.41, 5.74) is 0.424. The number of ether oxygens (including phenoxy) is 1. The second-order valence-corrected chi connectivity index (χ2v) is 4.78. The van der Waals surface area contributed by atoms with Crippen molar-refractivity contribution < 1.29 is 24.5 Å². The standard InChI is InChI=1S/C10H10O3.C5H8O2/c1-13-9-5-3-2-4-8(9)6-7-10(11)12;1-5(2-3-5)4(6)7/h2-7H,1H3,(H,11,12);2-3H2,1H3,(H,6,7). The van der Waals surface area contributed by atoms with Crippen LogP contribution in [0.4, 0.5) is 0 Å². The molecule has 1 saturated carbocycles. The molecule has 1 aromatic rings. The molecular weight excluding hydrogens is 260 g/mol. The predicted molar refractivity (Wildman–Crippen MR) is 74.6 cm³/mol. The van der Waals surface area contributed by atoms with Gasteiger partial charge in [0.15, 0.2) is 0 Å². The Morgan fingerprint density at radius 3 is 2.25 bits per heavy atom. The number of carbonyl (C=O) groups is 2. The Balaban J connectivity index is 0.000000240. The third-order valence-corrected chi connectivity index (χ3v) is 3.06. The normalized spacial score (nSPS) is 15.1. The van der Waals surface area contributed by atoms with Crippen molar-refractivity contribution in [2.45, 2.75) is 19.8 Å². The monoisotopic (exact) mass is 278 g/mol. The smallest absolute Gasteiger partial charge is 0.328 e. The topological polar surface area (TPSA) is 83.8 Å². The molecule has 108 valence electrons. The first-order valence-electron chi connectivity index (χ1n) is 6.16. The molecule has 0 atom stereocenters. The van der Waals surface area contributed by atoms with E-state index in [-0.39, 0.29) is 5.41 Å². The Labute approximate surface area is 117 Å². The van der Waals surface area contributed by atoms with Gasteiger partial charge >= 0.3 is 11.9 Å². The van der Waals surface area contributed by atoms with Crippen LogP contribution >= 0.6 is 0 Å². The minimum absolute atomic E-state index is 0.333. The van der Waals surface area contributed by atoms with Crippen LogP contribution in [-0.4, -0.2) is 29.3 Å². The maximum absolute atomic E-state index is 10.2. The van der Waals surface area contributed by atoms with Crippen molar-refractivity contribution in [1.29, 1.82) is 0 Å². The van der Waals surface area contributed by atoms with Crippen molar-refractivity contribution in [3.05, 3.63) is 35.9 Å². The van der Waals surface area contributed by atoms with Gasteiger partial charge in [-0.2, -0.15) is 0 Å². The Bertz CT molecular complexity index is 515. The first-order chi connectivity index (χ1) is 9.39. The van der Waals surface area contributed by atoms with E-state index in [2.05, 4.69) is 0 Å². The van der Waals surface area contributed by atoms with Crippen LogP contribution in [0.3, 0.4) is 0 Å². The lowest BCUT2D eigenvalue weighted by atomic mass is 10.2. The molecule has 0 unspecified atom stereocenters. The van der Waals surface area contributed by atoms with Crippen molar-refractivity contribution in [2.24, 2.45) is 5.41 Å². The van der Waals surface area contributed by atoms with Crippen molar-refractivity contribution in [2.75, 3.05) is 7.11 Å². The maximum atomic E-state index is 10.2. The number of benzene rings is 1. The molecule has 5 nitrogen and oxygen atoms in total. The van der Waals surface area contributed by atoms with E-state index >= 15 is 0 Å². The van der Waals surface area contributed by atoms with E-state index < -0.39 is 11.9 Å². The van der Waals surface area contributed by atoms with Crippen LogP contribution in [0.15, 0.2) is 30.3 Å². The van der Waals surface area contributed by atoms with Crippen LogP contribution in [-0.2, 0) is 9.59 Å².